The minimum atomic E-state index is -0.971. The number of esters is 1. The summed E-state index contributed by atoms with van der Waals surface area (Å²) in [6.07, 6.45) is 0. The Hall–Kier alpha value is -3.15. The van der Waals surface area contributed by atoms with E-state index in [1.807, 2.05) is 21.1 Å². The van der Waals surface area contributed by atoms with Crippen molar-refractivity contribution >= 4 is 33.1 Å². The SMILES string of the molecule is CNCc1ccc(C2(c3ccc(N(C)C)cc3)OC(=O)c3sc4ccc(C)cc4c32)cc1. The monoisotopic (exact) mass is 442 g/mol. The molecule has 1 unspecified atom stereocenters. The highest BCUT2D eigenvalue weighted by atomic mass is 32.1. The van der Waals surface area contributed by atoms with E-state index in [2.05, 4.69) is 83.9 Å². The maximum absolute atomic E-state index is 13.2. The van der Waals surface area contributed by atoms with Gasteiger partial charge in [-0.25, -0.2) is 4.79 Å². The zero-order chi connectivity index (χ0) is 22.5. The van der Waals surface area contributed by atoms with Crippen LogP contribution >= 0.6 is 11.3 Å². The van der Waals surface area contributed by atoms with Crippen LogP contribution in [0.3, 0.4) is 0 Å². The third kappa shape index (κ3) is 3.12. The van der Waals surface area contributed by atoms with Crippen molar-refractivity contribution in [3.63, 3.8) is 0 Å². The van der Waals surface area contributed by atoms with Crippen molar-refractivity contribution in [1.82, 2.24) is 5.32 Å². The first-order chi connectivity index (χ1) is 15.4. The van der Waals surface area contributed by atoms with E-state index in [0.717, 1.165) is 39.0 Å². The number of carbonyl (C=O) groups is 1. The van der Waals surface area contributed by atoms with Gasteiger partial charge in [0.05, 0.1) is 0 Å². The second-order valence-electron chi connectivity index (χ2n) is 8.55. The van der Waals surface area contributed by atoms with Crippen molar-refractivity contribution in [2.75, 3.05) is 26.0 Å². The van der Waals surface area contributed by atoms with Gasteiger partial charge in [0.1, 0.15) is 4.88 Å². The third-order valence-electron chi connectivity index (χ3n) is 6.16. The maximum Gasteiger partial charge on any atom is 0.350 e. The number of nitrogens with one attached hydrogen (secondary N) is 1. The summed E-state index contributed by atoms with van der Waals surface area (Å²) in [6, 6.07) is 23.1. The lowest BCUT2D eigenvalue weighted by Gasteiger charge is -2.31. The summed E-state index contributed by atoms with van der Waals surface area (Å²) in [7, 11) is 5.98. The van der Waals surface area contributed by atoms with E-state index in [4.69, 9.17) is 4.74 Å². The van der Waals surface area contributed by atoms with Gasteiger partial charge in [0.2, 0.25) is 0 Å². The van der Waals surface area contributed by atoms with Crippen LogP contribution in [0.15, 0.2) is 66.7 Å². The van der Waals surface area contributed by atoms with E-state index in [1.165, 1.54) is 22.5 Å². The summed E-state index contributed by atoms with van der Waals surface area (Å²) < 4.78 is 7.43. The van der Waals surface area contributed by atoms with Crippen LogP contribution in [0.5, 0.6) is 0 Å². The van der Waals surface area contributed by atoms with Crippen molar-refractivity contribution in [1.29, 1.82) is 0 Å². The van der Waals surface area contributed by atoms with Gasteiger partial charge in [-0.2, -0.15) is 0 Å². The lowest BCUT2D eigenvalue weighted by Crippen LogP contribution is -2.29. The standard InChI is InChI=1S/C27H26N2O2S/c1-17-5-14-23-22(15-17)24-25(32-23)26(30)31-27(24,19-8-6-18(7-9-19)16-28-2)20-10-12-21(13-11-20)29(3)4/h5-15,28H,16H2,1-4H3. The van der Waals surface area contributed by atoms with Crippen LogP contribution < -0.4 is 10.2 Å². The zero-order valence-electron chi connectivity index (χ0n) is 18.7. The molecule has 0 radical (unpaired) electrons. The highest BCUT2D eigenvalue weighted by molar-refractivity contribution is 7.21. The Bertz CT molecular complexity index is 1310. The molecular weight excluding hydrogens is 416 g/mol. The van der Waals surface area contributed by atoms with Gasteiger partial charge >= 0.3 is 5.97 Å². The first-order valence-electron chi connectivity index (χ1n) is 10.7. The van der Waals surface area contributed by atoms with Gasteiger partial charge in [-0.1, -0.05) is 54.1 Å². The Morgan fingerprint density at radius 1 is 0.969 bits per heavy atom. The first kappa shape index (κ1) is 20.7. The van der Waals surface area contributed by atoms with Gasteiger partial charge in [-0.3, -0.25) is 0 Å². The molecule has 1 N–H and O–H groups in total. The van der Waals surface area contributed by atoms with Gasteiger partial charge in [-0.05, 0) is 37.7 Å². The number of aryl methyl sites for hydroxylation is 1. The fourth-order valence-electron chi connectivity index (χ4n) is 4.57. The summed E-state index contributed by atoms with van der Waals surface area (Å²) in [6.45, 7) is 2.87. The summed E-state index contributed by atoms with van der Waals surface area (Å²) in [5.74, 6) is -0.255. The highest BCUT2D eigenvalue weighted by Crippen LogP contribution is 2.53. The highest BCUT2D eigenvalue weighted by Gasteiger charge is 2.51. The van der Waals surface area contributed by atoms with Gasteiger partial charge in [0.15, 0.2) is 5.60 Å². The average molecular weight is 443 g/mol. The smallest absolute Gasteiger partial charge is 0.350 e. The van der Waals surface area contributed by atoms with Gasteiger partial charge in [0.25, 0.3) is 0 Å². The molecule has 0 amide bonds. The number of cyclic esters (lactones) is 1. The van der Waals surface area contributed by atoms with Gasteiger partial charge in [0, 0.05) is 53.1 Å². The van der Waals surface area contributed by atoms with E-state index >= 15 is 0 Å². The molecule has 1 aliphatic heterocycles. The molecular formula is C27H26N2O2S. The molecule has 3 aromatic carbocycles. The van der Waals surface area contributed by atoms with Crippen LogP contribution in [0.4, 0.5) is 5.69 Å². The van der Waals surface area contributed by atoms with Crippen molar-refractivity contribution in [3.05, 3.63) is 99.4 Å². The van der Waals surface area contributed by atoms with Crippen LogP contribution in [0, 0.1) is 6.92 Å². The number of rotatable bonds is 5. The molecule has 1 aliphatic rings. The number of benzene rings is 3. The molecule has 4 nitrogen and oxygen atoms in total. The van der Waals surface area contributed by atoms with E-state index in [9.17, 15) is 4.79 Å². The fourth-order valence-corrected chi connectivity index (χ4v) is 5.68. The Morgan fingerprint density at radius 2 is 1.62 bits per heavy atom. The lowest BCUT2D eigenvalue weighted by atomic mass is 9.79. The molecule has 162 valence electrons. The average Bonchev–Trinajstić information content (AvgIpc) is 3.31. The zero-order valence-corrected chi connectivity index (χ0v) is 19.5. The fraction of sp³-hybridized carbons (Fsp3) is 0.222. The second kappa shape index (κ2) is 7.76. The molecule has 0 bridgehead atoms. The van der Waals surface area contributed by atoms with Gasteiger partial charge < -0.3 is 15.0 Å². The Morgan fingerprint density at radius 3 is 2.25 bits per heavy atom. The molecule has 1 atom stereocenters. The number of hydrogen-bond donors (Lipinski definition) is 1. The number of ether oxygens (including phenoxy) is 1. The topological polar surface area (TPSA) is 41.6 Å². The van der Waals surface area contributed by atoms with Crippen LogP contribution in [0.2, 0.25) is 0 Å². The predicted octanol–water partition coefficient (Wildman–Crippen LogP) is 5.46. The molecule has 5 heteroatoms. The Labute approximate surface area is 192 Å². The number of carbonyl (C=O) groups excluding carboxylic acids is 1. The minimum absolute atomic E-state index is 0.255. The molecule has 2 heterocycles. The maximum atomic E-state index is 13.2. The molecule has 4 aromatic rings. The molecule has 0 aliphatic carbocycles. The van der Waals surface area contributed by atoms with Gasteiger partial charge in [-0.15, -0.1) is 11.3 Å². The molecule has 0 saturated carbocycles. The molecule has 0 fully saturated rings. The molecule has 32 heavy (non-hydrogen) atoms. The van der Waals surface area contributed by atoms with Crippen LogP contribution in [-0.4, -0.2) is 27.1 Å². The molecule has 1 aromatic heterocycles. The quantitative estimate of drug-likeness (QED) is 0.417. The second-order valence-corrected chi connectivity index (χ2v) is 9.60. The van der Waals surface area contributed by atoms with E-state index in [-0.39, 0.29) is 5.97 Å². The Balaban J connectivity index is 1.80. The lowest BCUT2D eigenvalue weighted by molar-refractivity contribution is 0.0256. The number of nitrogens with zero attached hydrogens (tertiary/aromatic N) is 1. The van der Waals surface area contributed by atoms with Crippen LogP contribution in [-0.2, 0) is 16.9 Å². The Kier molecular flexibility index (Phi) is 5.03. The molecule has 0 spiro atoms. The van der Waals surface area contributed by atoms with E-state index in [1.54, 1.807) is 0 Å². The number of hydrogen-bond acceptors (Lipinski definition) is 5. The first-order valence-corrected chi connectivity index (χ1v) is 11.5. The summed E-state index contributed by atoms with van der Waals surface area (Å²) in [4.78, 5) is 16.0. The largest absolute Gasteiger partial charge is 0.440 e. The summed E-state index contributed by atoms with van der Waals surface area (Å²) in [5.41, 5.74) is 5.36. The minimum Gasteiger partial charge on any atom is -0.440 e. The van der Waals surface area contributed by atoms with Crippen molar-refractivity contribution in [2.45, 2.75) is 19.1 Å². The van der Waals surface area contributed by atoms with E-state index in [0.29, 0.717) is 4.88 Å². The predicted molar refractivity (Wildman–Crippen MR) is 132 cm³/mol. The van der Waals surface area contributed by atoms with E-state index < -0.39 is 5.60 Å². The normalized spacial score (nSPS) is 17.4. The number of thiophene rings is 1. The van der Waals surface area contributed by atoms with Crippen molar-refractivity contribution in [2.24, 2.45) is 0 Å². The van der Waals surface area contributed by atoms with Crippen molar-refractivity contribution in [3.8, 4) is 0 Å². The van der Waals surface area contributed by atoms with Crippen LogP contribution in [0.1, 0.15) is 37.5 Å². The summed E-state index contributed by atoms with van der Waals surface area (Å²) in [5, 5.41) is 4.28. The van der Waals surface area contributed by atoms with Crippen molar-refractivity contribution < 1.29 is 9.53 Å². The number of fused-ring (bicyclic) bond motifs is 3. The molecule has 0 saturated heterocycles. The molecule has 5 rings (SSSR count). The third-order valence-corrected chi connectivity index (χ3v) is 7.31. The number of anilines is 1. The van der Waals surface area contributed by atoms with Crippen LogP contribution in [0.25, 0.3) is 10.1 Å². The summed E-state index contributed by atoms with van der Waals surface area (Å²) >= 11 is 1.52.